The molecule has 2 atom stereocenters. The number of hydrogen-bond donors (Lipinski definition) is 2. The fourth-order valence-electron chi connectivity index (χ4n) is 2.52. The average Bonchev–Trinajstić information content (AvgIpc) is 2.41. The van der Waals surface area contributed by atoms with Crippen molar-refractivity contribution in [2.75, 3.05) is 6.61 Å². The summed E-state index contributed by atoms with van der Waals surface area (Å²) in [6.45, 7) is 6.90. The van der Waals surface area contributed by atoms with Gasteiger partial charge in [0.25, 0.3) is 0 Å². The van der Waals surface area contributed by atoms with E-state index in [9.17, 15) is 4.79 Å². The lowest BCUT2D eigenvalue weighted by molar-refractivity contribution is -0.126. The second-order valence-corrected chi connectivity index (χ2v) is 6.14. The Kier molecular flexibility index (Phi) is 5.40. The van der Waals surface area contributed by atoms with Crippen LogP contribution < -0.4 is 11.2 Å². The summed E-state index contributed by atoms with van der Waals surface area (Å²) in [6, 6.07) is 0.363. The molecule has 0 aromatic rings. The van der Waals surface area contributed by atoms with Crippen LogP contribution in [0.2, 0.25) is 0 Å². The number of hydrogen-bond acceptors (Lipinski definition) is 3. The van der Waals surface area contributed by atoms with Crippen LogP contribution in [0.5, 0.6) is 0 Å². The Morgan fingerprint density at radius 3 is 2.59 bits per heavy atom. The number of carbonyl (C=O) groups is 1. The fourth-order valence-corrected chi connectivity index (χ4v) is 2.52. The molecule has 0 bridgehead atoms. The quantitative estimate of drug-likeness (QED) is 0.585. The van der Waals surface area contributed by atoms with E-state index < -0.39 is 5.91 Å². The van der Waals surface area contributed by atoms with Crippen molar-refractivity contribution < 1.29 is 9.63 Å². The number of nitrogens with two attached hydrogens (primary N) is 1. The van der Waals surface area contributed by atoms with Gasteiger partial charge in [-0.2, -0.15) is 5.48 Å². The molecule has 0 saturated heterocycles. The van der Waals surface area contributed by atoms with Crippen LogP contribution in [0.25, 0.3) is 0 Å². The van der Waals surface area contributed by atoms with Crippen LogP contribution in [0.4, 0.5) is 0 Å². The van der Waals surface area contributed by atoms with Gasteiger partial charge in [-0.15, -0.1) is 0 Å². The average molecular weight is 242 g/mol. The zero-order valence-electron chi connectivity index (χ0n) is 11.3. The van der Waals surface area contributed by atoms with E-state index in [4.69, 9.17) is 10.6 Å². The van der Waals surface area contributed by atoms with Gasteiger partial charge in [0.1, 0.15) is 6.61 Å². The Morgan fingerprint density at radius 2 is 2.00 bits per heavy atom. The molecule has 3 N–H and O–H groups in total. The third-order valence-electron chi connectivity index (χ3n) is 3.66. The molecule has 0 spiro atoms. The van der Waals surface area contributed by atoms with Gasteiger partial charge < -0.3 is 5.73 Å². The zero-order chi connectivity index (χ0) is 12.9. The van der Waals surface area contributed by atoms with E-state index in [0.29, 0.717) is 11.5 Å². The van der Waals surface area contributed by atoms with Crippen LogP contribution in [0, 0.1) is 11.3 Å². The van der Waals surface area contributed by atoms with Gasteiger partial charge in [-0.05, 0) is 37.0 Å². The highest BCUT2D eigenvalue weighted by molar-refractivity contribution is 5.74. The van der Waals surface area contributed by atoms with Crippen molar-refractivity contribution in [1.29, 1.82) is 0 Å². The molecular weight excluding hydrogens is 216 g/mol. The first-order valence-corrected chi connectivity index (χ1v) is 6.55. The van der Waals surface area contributed by atoms with Crippen molar-refractivity contribution in [3.8, 4) is 0 Å². The molecular formula is C13H26N2O2. The lowest BCUT2D eigenvalue weighted by Crippen LogP contribution is -2.32. The molecule has 1 rings (SSSR count). The molecule has 1 aliphatic carbocycles. The van der Waals surface area contributed by atoms with Crippen molar-refractivity contribution >= 4 is 5.91 Å². The molecule has 17 heavy (non-hydrogen) atoms. The third kappa shape index (κ3) is 5.50. The van der Waals surface area contributed by atoms with Crippen LogP contribution in [0.15, 0.2) is 0 Å². The highest BCUT2D eigenvalue weighted by Crippen LogP contribution is 2.36. The molecule has 1 fully saturated rings. The second-order valence-electron chi connectivity index (χ2n) is 6.14. The van der Waals surface area contributed by atoms with Crippen LogP contribution in [0.3, 0.4) is 0 Å². The molecule has 0 aromatic carbocycles. The summed E-state index contributed by atoms with van der Waals surface area (Å²) in [5, 5.41) is 0. The molecule has 4 nitrogen and oxygen atoms in total. The predicted molar refractivity (Wildman–Crippen MR) is 68.1 cm³/mol. The van der Waals surface area contributed by atoms with Gasteiger partial charge in [0, 0.05) is 6.04 Å². The standard InChI is InChI=1S/C13H26N2O2/c1-13(2,3)10-5-4-6-11(8-7-10)15-17-9-12(14)16/h10-11,15H,4-9H2,1-3H3,(H2,14,16). The highest BCUT2D eigenvalue weighted by atomic mass is 16.6. The molecule has 0 aliphatic heterocycles. The minimum Gasteiger partial charge on any atom is -0.368 e. The normalized spacial score (nSPS) is 26.5. The van der Waals surface area contributed by atoms with Crippen LogP contribution in [-0.2, 0) is 9.63 Å². The van der Waals surface area contributed by atoms with E-state index >= 15 is 0 Å². The smallest absolute Gasteiger partial charge is 0.245 e. The van der Waals surface area contributed by atoms with Gasteiger partial charge in [-0.25, -0.2) is 0 Å². The molecule has 1 saturated carbocycles. The van der Waals surface area contributed by atoms with E-state index in [-0.39, 0.29) is 6.61 Å². The molecule has 4 heteroatoms. The number of primary amides is 1. The highest BCUT2D eigenvalue weighted by Gasteiger charge is 2.27. The number of carbonyl (C=O) groups excluding carboxylic acids is 1. The van der Waals surface area contributed by atoms with Gasteiger partial charge in [0.15, 0.2) is 0 Å². The Labute approximate surface area is 104 Å². The van der Waals surface area contributed by atoms with E-state index in [1.165, 1.54) is 19.3 Å². The zero-order valence-corrected chi connectivity index (χ0v) is 11.3. The monoisotopic (exact) mass is 242 g/mol. The summed E-state index contributed by atoms with van der Waals surface area (Å²) >= 11 is 0. The first kappa shape index (κ1) is 14.5. The lowest BCUT2D eigenvalue weighted by Gasteiger charge is -2.29. The van der Waals surface area contributed by atoms with E-state index in [1.807, 2.05) is 0 Å². The summed E-state index contributed by atoms with van der Waals surface area (Å²) in [5.41, 5.74) is 8.37. The minimum absolute atomic E-state index is 0.0425. The number of amides is 1. The summed E-state index contributed by atoms with van der Waals surface area (Å²) in [4.78, 5) is 15.6. The Morgan fingerprint density at radius 1 is 1.29 bits per heavy atom. The Balaban J connectivity index is 2.30. The van der Waals surface area contributed by atoms with Crippen molar-refractivity contribution in [1.82, 2.24) is 5.48 Å². The maximum atomic E-state index is 10.5. The minimum atomic E-state index is -0.432. The summed E-state index contributed by atoms with van der Waals surface area (Å²) < 4.78 is 0. The van der Waals surface area contributed by atoms with E-state index in [0.717, 1.165) is 18.8 Å². The first-order chi connectivity index (χ1) is 7.89. The molecule has 0 heterocycles. The Bertz CT molecular complexity index is 248. The fraction of sp³-hybridized carbons (Fsp3) is 0.923. The molecule has 2 unspecified atom stereocenters. The third-order valence-corrected chi connectivity index (χ3v) is 3.66. The van der Waals surface area contributed by atoms with Crippen molar-refractivity contribution in [3.05, 3.63) is 0 Å². The SMILES string of the molecule is CC(C)(C)C1CCCC(NOCC(N)=O)CC1. The van der Waals surface area contributed by atoms with Gasteiger partial charge in [0.05, 0.1) is 0 Å². The number of hydroxylamine groups is 1. The molecule has 100 valence electrons. The lowest BCUT2D eigenvalue weighted by atomic mass is 9.76. The van der Waals surface area contributed by atoms with Crippen molar-refractivity contribution in [2.45, 2.75) is 58.9 Å². The molecule has 0 radical (unpaired) electrons. The second kappa shape index (κ2) is 6.36. The largest absolute Gasteiger partial charge is 0.368 e. The van der Waals surface area contributed by atoms with Gasteiger partial charge in [0.2, 0.25) is 5.91 Å². The van der Waals surface area contributed by atoms with Gasteiger partial charge in [-0.3, -0.25) is 9.63 Å². The van der Waals surface area contributed by atoms with Crippen LogP contribution >= 0.6 is 0 Å². The predicted octanol–water partition coefficient (Wildman–Crippen LogP) is 1.99. The topological polar surface area (TPSA) is 64.3 Å². The maximum Gasteiger partial charge on any atom is 0.245 e. The Hall–Kier alpha value is -0.610. The van der Waals surface area contributed by atoms with E-state index in [1.54, 1.807) is 0 Å². The van der Waals surface area contributed by atoms with Crippen LogP contribution in [-0.4, -0.2) is 18.6 Å². The molecule has 0 aromatic heterocycles. The first-order valence-electron chi connectivity index (χ1n) is 6.55. The number of nitrogens with one attached hydrogen (secondary N) is 1. The number of rotatable bonds is 4. The molecule has 1 aliphatic rings. The maximum absolute atomic E-state index is 10.5. The van der Waals surface area contributed by atoms with Crippen molar-refractivity contribution in [2.24, 2.45) is 17.1 Å². The molecule has 1 amide bonds. The van der Waals surface area contributed by atoms with Crippen molar-refractivity contribution in [3.63, 3.8) is 0 Å². The van der Waals surface area contributed by atoms with Gasteiger partial charge >= 0.3 is 0 Å². The summed E-state index contributed by atoms with van der Waals surface area (Å²) in [6.07, 6.45) is 5.96. The summed E-state index contributed by atoms with van der Waals surface area (Å²) in [5.74, 6) is 0.351. The summed E-state index contributed by atoms with van der Waals surface area (Å²) in [7, 11) is 0. The van der Waals surface area contributed by atoms with Gasteiger partial charge in [-0.1, -0.05) is 27.2 Å². The van der Waals surface area contributed by atoms with Crippen LogP contribution in [0.1, 0.15) is 52.9 Å². The van der Waals surface area contributed by atoms with E-state index in [2.05, 4.69) is 26.3 Å².